The maximum Gasteiger partial charge on any atom is 0.0690 e. The number of aliphatic hydroxyl groups is 1. The number of hydrogen-bond donors (Lipinski definition) is 1. The summed E-state index contributed by atoms with van der Waals surface area (Å²) in [5.41, 5.74) is 2.20. The lowest BCUT2D eigenvalue weighted by atomic mass is 10.2. The monoisotopic (exact) mass is 262 g/mol. The van der Waals surface area contributed by atoms with Crippen LogP contribution >= 0.6 is 11.8 Å². The van der Waals surface area contributed by atoms with Crippen molar-refractivity contribution in [2.24, 2.45) is 7.05 Å². The highest BCUT2D eigenvalue weighted by Crippen LogP contribution is 2.20. The molecule has 0 saturated carbocycles. The van der Waals surface area contributed by atoms with Crippen LogP contribution in [-0.2, 0) is 13.5 Å². The summed E-state index contributed by atoms with van der Waals surface area (Å²) in [6, 6.07) is 10.3. The molecule has 0 saturated heterocycles. The van der Waals surface area contributed by atoms with Gasteiger partial charge in [-0.05, 0) is 25.1 Å². The van der Waals surface area contributed by atoms with Gasteiger partial charge in [-0.2, -0.15) is 5.10 Å². The zero-order chi connectivity index (χ0) is 13.0. The summed E-state index contributed by atoms with van der Waals surface area (Å²) in [7, 11) is 1.89. The maximum atomic E-state index is 9.96. The van der Waals surface area contributed by atoms with E-state index in [1.54, 1.807) is 16.4 Å². The Hall–Kier alpha value is -1.26. The molecule has 0 aliphatic heterocycles. The summed E-state index contributed by atoms with van der Waals surface area (Å²) in [5, 5.41) is 14.2. The van der Waals surface area contributed by atoms with Crippen LogP contribution in [0.3, 0.4) is 0 Å². The Balaban J connectivity index is 1.81. The SMILES string of the molecule is Cc1ccc(SCC(O)Cc2ccn(C)n2)cc1. The third-order valence-electron chi connectivity index (χ3n) is 2.68. The molecule has 4 heteroatoms. The van der Waals surface area contributed by atoms with Gasteiger partial charge in [0, 0.05) is 30.3 Å². The molecule has 0 fully saturated rings. The predicted molar refractivity (Wildman–Crippen MR) is 74.8 cm³/mol. The zero-order valence-electron chi connectivity index (χ0n) is 10.7. The Morgan fingerprint density at radius 2 is 2.00 bits per heavy atom. The second-order valence-corrected chi connectivity index (χ2v) is 5.56. The standard InChI is InChI=1S/C14H18N2OS/c1-11-3-5-14(6-4-11)18-10-13(17)9-12-7-8-16(2)15-12/h3-8,13,17H,9-10H2,1-2H3. The minimum absolute atomic E-state index is 0.355. The van der Waals surface area contributed by atoms with Gasteiger partial charge in [-0.25, -0.2) is 0 Å². The number of hydrogen-bond acceptors (Lipinski definition) is 3. The van der Waals surface area contributed by atoms with Crippen molar-refractivity contribution < 1.29 is 5.11 Å². The van der Waals surface area contributed by atoms with Gasteiger partial charge in [0.15, 0.2) is 0 Å². The second-order valence-electron chi connectivity index (χ2n) is 4.46. The van der Waals surface area contributed by atoms with Crippen molar-refractivity contribution in [1.82, 2.24) is 9.78 Å². The van der Waals surface area contributed by atoms with Gasteiger partial charge in [-0.1, -0.05) is 17.7 Å². The third-order valence-corrected chi connectivity index (χ3v) is 3.83. The van der Waals surface area contributed by atoms with Crippen molar-refractivity contribution >= 4 is 11.8 Å². The molecule has 2 aromatic rings. The molecule has 96 valence electrons. The van der Waals surface area contributed by atoms with Crippen LogP contribution < -0.4 is 0 Å². The number of aliphatic hydroxyl groups excluding tert-OH is 1. The van der Waals surface area contributed by atoms with E-state index in [4.69, 9.17) is 0 Å². The minimum atomic E-state index is -0.355. The summed E-state index contributed by atoms with van der Waals surface area (Å²) >= 11 is 1.68. The van der Waals surface area contributed by atoms with Crippen LogP contribution in [0.25, 0.3) is 0 Å². The summed E-state index contributed by atoms with van der Waals surface area (Å²) in [6.07, 6.45) is 2.15. The molecule has 18 heavy (non-hydrogen) atoms. The molecule has 1 unspecified atom stereocenters. The molecule has 0 amide bonds. The first-order valence-corrected chi connectivity index (χ1v) is 6.98. The molecule has 1 heterocycles. The number of nitrogens with zero attached hydrogens (tertiary/aromatic N) is 2. The molecule has 0 bridgehead atoms. The van der Waals surface area contributed by atoms with E-state index in [9.17, 15) is 5.11 Å². The zero-order valence-corrected chi connectivity index (χ0v) is 11.5. The van der Waals surface area contributed by atoms with E-state index in [0.717, 1.165) is 5.69 Å². The van der Waals surface area contributed by atoms with Crippen LogP contribution in [-0.4, -0.2) is 26.7 Å². The molecule has 1 aromatic carbocycles. The van der Waals surface area contributed by atoms with E-state index >= 15 is 0 Å². The average Bonchev–Trinajstić information content (AvgIpc) is 2.74. The molecule has 1 N–H and O–H groups in total. The van der Waals surface area contributed by atoms with Crippen molar-refractivity contribution in [1.29, 1.82) is 0 Å². The third kappa shape index (κ3) is 3.89. The van der Waals surface area contributed by atoms with Crippen LogP contribution in [0.1, 0.15) is 11.3 Å². The van der Waals surface area contributed by atoms with Gasteiger partial charge < -0.3 is 5.11 Å². The first-order valence-electron chi connectivity index (χ1n) is 5.99. The van der Waals surface area contributed by atoms with Crippen LogP contribution in [0.15, 0.2) is 41.4 Å². The second kappa shape index (κ2) is 6.07. The smallest absolute Gasteiger partial charge is 0.0690 e. The van der Waals surface area contributed by atoms with E-state index in [0.29, 0.717) is 12.2 Å². The average molecular weight is 262 g/mol. The van der Waals surface area contributed by atoms with Crippen molar-refractivity contribution in [3.63, 3.8) is 0 Å². The quantitative estimate of drug-likeness (QED) is 0.841. The fourth-order valence-electron chi connectivity index (χ4n) is 1.70. The van der Waals surface area contributed by atoms with E-state index < -0.39 is 0 Å². The minimum Gasteiger partial charge on any atom is -0.392 e. The van der Waals surface area contributed by atoms with Gasteiger partial charge in [0.2, 0.25) is 0 Å². The highest BCUT2D eigenvalue weighted by molar-refractivity contribution is 7.99. The van der Waals surface area contributed by atoms with Gasteiger partial charge in [-0.15, -0.1) is 11.8 Å². The number of aryl methyl sites for hydroxylation is 2. The van der Waals surface area contributed by atoms with Gasteiger partial charge in [0.1, 0.15) is 0 Å². The first-order chi connectivity index (χ1) is 8.63. The Bertz CT molecular complexity index is 493. The fourth-order valence-corrected chi connectivity index (χ4v) is 2.53. The van der Waals surface area contributed by atoms with Crippen LogP contribution in [0.4, 0.5) is 0 Å². The van der Waals surface area contributed by atoms with Gasteiger partial charge in [0.05, 0.1) is 11.8 Å². The molecular weight excluding hydrogens is 244 g/mol. The molecule has 0 aliphatic carbocycles. The normalized spacial score (nSPS) is 12.6. The number of aromatic nitrogens is 2. The van der Waals surface area contributed by atoms with Crippen molar-refractivity contribution in [2.45, 2.75) is 24.3 Å². The summed E-state index contributed by atoms with van der Waals surface area (Å²) in [6.45, 7) is 2.07. The lowest BCUT2D eigenvalue weighted by molar-refractivity contribution is 0.198. The molecule has 0 aliphatic rings. The van der Waals surface area contributed by atoms with Crippen LogP contribution in [0.5, 0.6) is 0 Å². The van der Waals surface area contributed by atoms with Gasteiger partial charge >= 0.3 is 0 Å². The molecule has 1 atom stereocenters. The Morgan fingerprint density at radius 1 is 1.28 bits per heavy atom. The highest BCUT2D eigenvalue weighted by Gasteiger charge is 2.08. The van der Waals surface area contributed by atoms with Crippen molar-refractivity contribution in [2.75, 3.05) is 5.75 Å². The Labute approximate surface area is 112 Å². The molecule has 3 nitrogen and oxygen atoms in total. The lowest BCUT2D eigenvalue weighted by Crippen LogP contribution is -2.14. The molecule has 2 rings (SSSR count). The molecular formula is C14H18N2OS. The molecule has 1 aromatic heterocycles. The van der Waals surface area contributed by atoms with Gasteiger partial charge in [0.25, 0.3) is 0 Å². The largest absolute Gasteiger partial charge is 0.392 e. The maximum absolute atomic E-state index is 9.96. The number of rotatable bonds is 5. The molecule has 0 spiro atoms. The Morgan fingerprint density at radius 3 is 2.61 bits per heavy atom. The van der Waals surface area contributed by atoms with Crippen LogP contribution in [0, 0.1) is 6.92 Å². The van der Waals surface area contributed by atoms with Crippen molar-refractivity contribution in [3.8, 4) is 0 Å². The first kappa shape index (κ1) is 13.2. The van der Waals surface area contributed by atoms with E-state index in [2.05, 4.69) is 36.3 Å². The van der Waals surface area contributed by atoms with E-state index in [1.807, 2.05) is 19.3 Å². The van der Waals surface area contributed by atoms with Gasteiger partial charge in [-0.3, -0.25) is 4.68 Å². The van der Waals surface area contributed by atoms with E-state index in [1.165, 1.54) is 10.5 Å². The molecule has 0 radical (unpaired) electrons. The summed E-state index contributed by atoms with van der Waals surface area (Å²) < 4.78 is 1.76. The topological polar surface area (TPSA) is 38.0 Å². The van der Waals surface area contributed by atoms with Crippen LogP contribution in [0.2, 0.25) is 0 Å². The Kier molecular flexibility index (Phi) is 4.44. The summed E-state index contributed by atoms with van der Waals surface area (Å²) in [4.78, 5) is 1.20. The highest BCUT2D eigenvalue weighted by atomic mass is 32.2. The lowest BCUT2D eigenvalue weighted by Gasteiger charge is -2.08. The number of thioether (sulfide) groups is 1. The summed E-state index contributed by atoms with van der Waals surface area (Å²) in [5.74, 6) is 0.694. The number of benzene rings is 1. The predicted octanol–water partition coefficient (Wildman–Crippen LogP) is 2.42. The fraction of sp³-hybridized carbons (Fsp3) is 0.357. The van der Waals surface area contributed by atoms with Crippen molar-refractivity contribution in [3.05, 3.63) is 47.8 Å². The van der Waals surface area contributed by atoms with E-state index in [-0.39, 0.29) is 6.10 Å².